The topological polar surface area (TPSA) is 82.8 Å². The molecule has 4 rings (SSSR count). The number of Topliss-reactive ketones (excluding diaryl/α,β-unsaturated/α-hetero) is 1. The van der Waals surface area contributed by atoms with Gasteiger partial charge in [-0.3, -0.25) is 19.3 Å². The Kier molecular flexibility index (Phi) is 6.09. The summed E-state index contributed by atoms with van der Waals surface area (Å²) >= 11 is 0. The first-order valence-corrected chi connectivity index (χ1v) is 11.1. The number of pyridine rings is 1. The van der Waals surface area contributed by atoms with Crippen LogP contribution in [-0.4, -0.2) is 56.0 Å². The summed E-state index contributed by atoms with van der Waals surface area (Å²) in [6.45, 7) is 7.15. The standard InChI is InChI=1S/C24H27F2N3O4/c1-13(2)28-9-8-14(3)29-20(28)12-27-11-17(22(31)23(32)21(27)24(29)33)19(30)7-5-15-4-6-16(25)10-18(15)26/h4,6,10-11,13-14,20,32H,5,7-9,12H2,1-3H3/t14-,20-/m0/s1. The van der Waals surface area contributed by atoms with E-state index >= 15 is 0 Å². The second kappa shape index (κ2) is 8.70. The largest absolute Gasteiger partial charge is 0.503 e. The minimum Gasteiger partial charge on any atom is -0.503 e. The van der Waals surface area contributed by atoms with E-state index in [1.165, 1.54) is 16.8 Å². The second-order valence-electron chi connectivity index (χ2n) is 9.04. The summed E-state index contributed by atoms with van der Waals surface area (Å²) in [6.07, 6.45) is 1.62. The predicted octanol–water partition coefficient (Wildman–Crippen LogP) is 2.93. The first kappa shape index (κ1) is 23.1. The van der Waals surface area contributed by atoms with E-state index in [4.69, 9.17) is 0 Å². The van der Waals surface area contributed by atoms with Gasteiger partial charge >= 0.3 is 0 Å². The number of benzene rings is 1. The van der Waals surface area contributed by atoms with Crippen molar-refractivity contribution in [3.63, 3.8) is 0 Å². The van der Waals surface area contributed by atoms with Crippen molar-refractivity contribution in [1.29, 1.82) is 0 Å². The molecule has 2 aliphatic rings. The molecule has 33 heavy (non-hydrogen) atoms. The SMILES string of the molecule is CC(C)N1CC[C@H](C)N2C(=O)c3c(O)c(=O)c(C(=O)CCc4ccc(F)cc4F)cn3C[C@@H]12. The number of nitrogens with zero attached hydrogens (tertiary/aromatic N) is 3. The lowest BCUT2D eigenvalue weighted by Gasteiger charge is -2.51. The van der Waals surface area contributed by atoms with Crippen molar-refractivity contribution in [2.75, 3.05) is 6.54 Å². The van der Waals surface area contributed by atoms with Crippen LogP contribution in [0.3, 0.4) is 0 Å². The molecule has 176 valence electrons. The molecule has 7 nitrogen and oxygen atoms in total. The van der Waals surface area contributed by atoms with Crippen LogP contribution in [0.15, 0.2) is 29.2 Å². The van der Waals surface area contributed by atoms with Gasteiger partial charge in [0.1, 0.15) is 17.8 Å². The molecule has 2 atom stereocenters. The van der Waals surface area contributed by atoms with Gasteiger partial charge in [0.2, 0.25) is 5.43 Å². The van der Waals surface area contributed by atoms with Gasteiger partial charge in [-0.15, -0.1) is 0 Å². The molecule has 0 radical (unpaired) electrons. The molecule has 1 aromatic heterocycles. The Labute approximate surface area is 190 Å². The molecule has 9 heteroatoms. The molecular formula is C24H27F2N3O4. The summed E-state index contributed by atoms with van der Waals surface area (Å²) < 4.78 is 28.5. The monoisotopic (exact) mass is 459 g/mol. The van der Waals surface area contributed by atoms with Crippen molar-refractivity contribution < 1.29 is 23.5 Å². The molecular weight excluding hydrogens is 432 g/mol. The van der Waals surface area contributed by atoms with Crippen molar-refractivity contribution in [3.05, 3.63) is 63.1 Å². The molecule has 1 amide bonds. The fraction of sp³-hybridized carbons (Fsp3) is 0.458. The summed E-state index contributed by atoms with van der Waals surface area (Å²) in [5, 5.41) is 10.6. The van der Waals surface area contributed by atoms with E-state index in [0.717, 1.165) is 25.1 Å². The normalized spacial score (nSPS) is 20.7. The number of halogens is 2. The zero-order valence-electron chi connectivity index (χ0n) is 18.8. The van der Waals surface area contributed by atoms with E-state index in [1.807, 2.05) is 20.8 Å². The molecule has 2 aromatic rings. The van der Waals surface area contributed by atoms with Gasteiger partial charge in [0.05, 0.1) is 12.1 Å². The summed E-state index contributed by atoms with van der Waals surface area (Å²) in [6, 6.07) is 3.23. The van der Waals surface area contributed by atoms with E-state index in [9.17, 15) is 28.3 Å². The highest BCUT2D eigenvalue weighted by atomic mass is 19.1. The molecule has 2 aliphatic heterocycles. The Morgan fingerprint density at radius 2 is 1.97 bits per heavy atom. The third-order valence-electron chi connectivity index (χ3n) is 6.64. The van der Waals surface area contributed by atoms with Gasteiger partial charge in [-0.25, -0.2) is 8.78 Å². The average molecular weight is 459 g/mol. The maximum absolute atomic E-state index is 13.9. The number of ketones is 1. The highest BCUT2D eigenvalue weighted by molar-refractivity contribution is 6.00. The van der Waals surface area contributed by atoms with Crippen LogP contribution in [0.25, 0.3) is 0 Å². The van der Waals surface area contributed by atoms with Gasteiger partial charge in [-0.2, -0.15) is 0 Å². The number of rotatable bonds is 5. The van der Waals surface area contributed by atoms with Gasteiger partial charge in [0.25, 0.3) is 5.91 Å². The number of hydrogen-bond donors (Lipinski definition) is 1. The van der Waals surface area contributed by atoms with E-state index in [-0.39, 0.29) is 47.9 Å². The predicted molar refractivity (Wildman–Crippen MR) is 117 cm³/mol. The highest BCUT2D eigenvalue weighted by Crippen LogP contribution is 2.32. The third-order valence-corrected chi connectivity index (χ3v) is 6.64. The Morgan fingerprint density at radius 1 is 1.24 bits per heavy atom. The molecule has 0 aliphatic carbocycles. The fourth-order valence-corrected chi connectivity index (χ4v) is 4.83. The molecule has 0 spiro atoms. The lowest BCUT2D eigenvalue weighted by molar-refractivity contribution is -0.0454. The number of aromatic nitrogens is 1. The minimum absolute atomic E-state index is 0.0269. The van der Waals surface area contributed by atoms with Crippen LogP contribution in [-0.2, 0) is 13.0 Å². The molecule has 0 unspecified atom stereocenters. The summed E-state index contributed by atoms with van der Waals surface area (Å²) in [7, 11) is 0. The number of carbonyl (C=O) groups is 2. The Hall–Kier alpha value is -3.07. The number of aryl methyl sites for hydroxylation is 1. The van der Waals surface area contributed by atoms with Gasteiger partial charge in [-0.05, 0) is 45.2 Å². The lowest BCUT2D eigenvalue weighted by Crippen LogP contribution is -2.65. The molecule has 0 saturated carbocycles. The van der Waals surface area contributed by atoms with Crippen LogP contribution in [0.4, 0.5) is 8.78 Å². The number of hydrogen-bond acceptors (Lipinski definition) is 5. The zero-order chi connectivity index (χ0) is 24.0. The molecule has 1 aromatic carbocycles. The smallest absolute Gasteiger partial charge is 0.276 e. The maximum Gasteiger partial charge on any atom is 0.276 e. The van der Waals surface area contributed by atoms with Crippen molar-refractivity contribution in [2.45, 2.75) is 64.8 Å². The summed E-state index contributed by atoms with van der Waals surface area (Å²) in [4.78, 5) is 42.8. The number of aromatic hydroxyl groups is 1. The fourth-order valence-electron chi connectivity index (χ4n) is 4.83. The van der Waals surface area contributed by atoms with E-state index in [2.05, 4.69) is 4.90 Å². The molecule has 3 heterocycles. The molecule has 1 saturated heterocycles. The third kappa shape index (κ3) is 4.06. The zero-order valence-corrected chi connectivity index (χ0v) is 18.8. The number of fused-ring (bicyclic) bond motifs is 2. The lowest BCUT2D eigenvalue weighted by atomic mass is 9.99. The Bertz CT molecular complexity index is 1180. The quantitative estimate of drug-likeness (QED) is 0.696. The van der Waals surface area contributed by atoms with Crippen LogP contribution in [0.2, 0.25) is 0 Å². The Morgan fingerprint density at radius 3 is 2.64 bits per heavy atom. The first-order valence-electron chi connectivity index (χ1n) is 11.1. The second-order valence-corrected chi connectivity index (χ2v) is 9.04. The van der Waals surface area contributed by atoms with Crippen LogP contribution in [0.5, 0.6) is 5.75 Å². The van der Waals surface area contributed by atoms with Gasteiger partial charge < -0.3 is 14.6 Å². The maximum atomic E-state index is 13.9. The Balaban J connectivity index is 1.66. The minimum atomic E-state index is -0.914. The summed E-state index contributed by atoms with van der Waals surface area (Å²) in [5.41, 5.74) is -1.13. The van der Waals surface area contributed by atoms with Crippen LogP contribution < -0.4 is 5.43 Å². The molecule has 1 fully saturated rings. The summed E-state index contributed by atoms with van der Waals surface area (Å²) in [5.74, 6) is -3.25. The number of carbonyl (C=O) groups excluding carboxylic acids is 2. The van der Waals surface area contributed by atoms with Crippen molar-refractivity contribution in [2.24, 2.45) is 0 Å². The van der Waals surface area contributed by atoms with E-state index in [0.29, 0.717) is 6.54 Å². The first-order chi connectivity index (χ1) is 15.6. The van der Waals surface area contributed by atoms with Crippen molar-refractivity contribution >= 4 is 11.7 Å². The van der Waals surface area contributed by atoms with Crippen LogP contribution >= 0.6 is 0 Å². The van der Waals surface area contributed by atoms with Gasteiger partial charge in [0, 0.05) is 37.3 Å². The molecule has 1 N–H and O–H groups in total. The van der Waals surface area contributed by atoms with Crippen LogP contribution in [0, 0.1) is 11.6 Å². The van der Waals surface area contributed by atoms with E-state index in [1.54, 1.807) is 4.90 Å². The van der Waals surface area contributed by atoms with Crippen molar-refractivity contribution in [1.82, 2.24) is 14.4 Å². The van der Waals surface area contributed by atoms with Crippen LogP contribution in [0.1, 0.15) is 60.0 Å². The number of amides is 1. The van der Waals surface area contributed by atoms with Gasteiger partial charge in [-0.1, -0.05) is 6.07 Å². The van der Waals surface area contributed by atoms with E-state index < -0.39 is 34.5 Å². The molecule has 0 bridgehead atoms. The highest BCUT2D eigenvalue weighted by Gasteiger charge is 2.44. The average Bonchev–Trinajstić information content (AvgIpc) is 2.75. The van der Waals surface area contributed by atoms with Gasteiger partial charge in [0.15, 0.2) is 17.2 Å². The van der Waals surface area contributed by atoms with Crippen molar-refractivity contribution in [3.8, 4) is 5.75 Å².